The van der Waals surface area contributed by atoms with E-state index in [0.29, 0.717) is 31.7 Å². The van der Waals surface area contributed by atoms with Crippen LogP contribution >= 0.6 is 0 Å². The molecule has 4 rings (SSSR count). The molecule has 0 atom stereocenters. The van der Waals surface area contributed by atoms with Crippen LogP contribution in [0.3, 0.4) is 0 Å². The van der Waals surface area contributed by atoms with Gasteiger partial charge in [0.25, 0.3) is 0 Å². The van der Waals surface area contributed by atoms with Crippen molar-refractivity contribution >= 4 is 11.6 Å². The van der Waals surface area contributed by atoms with Crippen LogP contribution in [0.15, 0.2) is 49.2 Å². The lowest BCUT2D eigenvalue weighted by molar-refractivity contribution is -0.141. The van der Waals surface area contributed by atoms with E-state index in [9.17, 15) is 13.2 Å². The first-order valence-electron chi connectivity index (χ1n) is 8.63. The Labute approximate surface area is 158 Å². The Hall–Kier alpha value is -3.30. The Morgan fingerprint density at radius 3 is 2.07 bits per heavy atom. The molecule has 0 spiro atoms. The van der Waals surface area contributed by atoms with Gasteiger partial charge in [0, 0.05) is 62.6 Å². The van der Waals surface area contributed by atoms with Crippen molar-refractivity contribution in [2.24, 2.45) is 0 Å². The molecule has 0 amide bonds. The Morgan fingerprint density at radius 1 is 0.786 bits per heavy atom. The first-order chi connectivity index (χ1) is 13.5. The highest BCUT2D eigenvalue weighted by molar-refractivity contribution is 5.58. The van der Waals surface area contributed by atoms with Crippen LogP contribution in [0.2, 0.25) is 0 Å². The van der Waals surface area contributed by atoms with Crippen LogP contribution in [0.4, 0.5) is 24.8 Å². The average Bonchev–Trinajstić information content (AvgIpc) is 2.74. The molecule has 1 aliphatic rings. The van der Waals surface area contributed by atoms with E-state index in [1.807, 2.05) is 9.80 Å². The van der Waals surface area contributed by atoms with E-state index in [0.717, 1.165) is 11.9 Å². The maximum atomic E-state index is 13.4. The van der Waals surface area contributed by atoms with Gasteiger partial charge in [-0.05, 0) is 12.1 Å². The van der Waals surface area contributed by atoms with Gasteiger partial charge in [-0.3, -0.25) is 9.97 Å². The number of rotatable bonds is 3. The summed E-state index contributed by atoms with van der Waals surface area (Å²) in [6, 6.07) is 4.18. The lowest BCUT2D eigenvalue weighted by atomic mass is 10.2. The van der Waals surface area contributed by atoms with Crippen LogP contribution in [0.5, 0.6) is 0 Å². The van der Waals surface area contributed by atoms with Crippen LogP contribution < -0.4 is 9.80 Å². The zero-order valence-electron chi connectivity index (χ0n) is 14.7. The third-order valence-corrected chi connectivity index (χ3v) is 4.42. The fourth-order valence-corrected chi connectivity index (χ4v) is 2.99. The lowest BCUT2D eigenvalue weighted by Gasteiger charge is -2.36. The van der Waals surface area contributed by atoms with Crippen molar-refractivity contribution in [3.05, 3.63) is 54.9 Å². The molecule has 0 aliphatic carbocycles. The van der Waals surface area contributed by atoms with Crippen molar-refractivity contribution in [3.63, 3.8) is 0 Å². The fraction of sp³-hybridized carbons (Fsp3) is 0.278. The highest BCUT2D eigenvalue weighted by Crippen LogP contribution is 2.32. The summed E-state index contributed by atoms with van der Waals surface area (Å²) in [6.45, 7) is 2.24. The Balaban J connectivity index is 1.61. The molecule has 0 N–H and O–H groups in total. The molecule has 0 radical (unpaired) electrons. The summed E-state index contributed by atoms with van der Waals surface area (Å²) >= 11 is 0. The predicted molar refractivity (Wildman–Crippen MR) is 96.7 cm³/mol. The molecule has 10 heteroatoms. The molecule has 0 aromatic carbocycles. The molecule has 0 saturated carbocycles. The maximum Gasteiger partial charge on any atom is 0.433 e. The monoisotopic (exact) mass is 387 g/mol. The topological polar surface area (TPSA) is 70.9 Å². The van der Waals surface area contributed by atoms with E-state index in [2.05, 4.69) is 24.9 Å². The maximum absolute atomic E-state index is 13.4. The van der Waals surface area contributed by atoms with Gasteiger partial charge in [0.05, 0.1) is 6.20 Å². The van der Waals surface area contributed by atoms with Gasteiger partial charge in [-0.2, -0.15) is 13.2 Å². The number of nitrogens with zero attached hydrogens (tertiary/aromatic N) is 7. The lowest BCUT2D eigenvalue weighted by Crippen LogP contribution is -2.47. The standard InChI is InChI=1S/C18H16F3N7/c19-18(20,21)14-11-15(26-17(25-14)13-1-3-22-4-2-13)27-7-9-28(10-8-27)16-12-23-5-6-24-16/h1-6,11-12H,7-10H2. The van der Waals surface area contributed by atoms with E-state index < -0.39 is 11.9 Å². The number of hydrogen-bond acceptors (Lipinski definition) is 7. The number of hydrogen-bond donors (Lipinski definition) is 0. The molecule has 0 bridgehead atoms. The molecule has 7 nitrogen and oxygen atoms in total. The minimum atomic E-state index is -4.55. The van der Waals surface area contributed by atoms with Crippen molar-refractivity contribution < 1.29 is 13.2 Å². The van der Waals surface area contributed by atoms with Crippen LogP contribution in [-0.2, 0) is 6.18 Å². The highest BCUT2D eigenvalue weighted by Gasteiger charge is 2.34. The summed E-state index contributed by atoms with van der Waals surface area (Å²) in [5.74, 6) is 1.04. The number of piperazine rings is 1. The normalized spacial score (nSPS) is 15.0. The van der Waals surface area contributed by atoms with E-state index in [4.69, 9.17) is 0 Å². The molecular formula is C18H16F3N7. The van der Waals surface area contributed by atoms with Crippen molar-refractivity contribution in [3.8, 4) is 11.4 Å². The highest BCUT2D eigenvalue weighted by atomic mass is 19.4. The number of anilines is 2. The minimum absolute atomic E-state index is 0.0311. The first-order valence-corrected chi connectivity index (χ1v) is 8.63. The second-order valence-corrected chi connectivity index (χ2v) is 6.21. The zero-order chi connectivity index (χ0) is 19.6. The van der Waals surface area contributed by atoms with Gasteiger partial charge in [0.1, 0.15) is 11.6 Å². The molecule has 1 aliphatic heterocycles. The van der Waals surface area contributed by atoms with Crippen LogP contribution in [0.1, 0.15) is 5.69 Å². The number of aromatic nitrogens is 5. The third-order valence-electron chi connectivity index (χ3n) is 4.42. The Morgan fingerprint density at radius 2 is 1.46 bits per heavy atom. The van der Waals surface area contributed by atoms with E-state index in [-0.39, 0.29) is 11.6 Å². The van der Waals surface area contributed by atoms with Gasteiger partial charge in [-0.1, -0.05) is 0 Å². The Bertz CT molecular complexity index is 927. The SMILES string of the molecule is FC(F)(F)c1cc(N2CCN(c3cnccn3)CC2)nc(-c2ccncc2)n1. The molecule has 1 fully saturated rings. The summed E-state index contributed by atoms with van der Waals surface area (Å²) in [4.78, 5) is 24.2. The van der Waals surface area contributed by atoms with Crippen molar-refractivity contribution in [2.75, 3.05) is 36.0 Å². The fourth-order valence-electron chi connectivity index (χ4n) is 2.99. The molecule has 144 valence electrons. The van der Waals surface area contributed by atoms with Crippen molar-refractivity contribution in [1.82, 2.24) is 24.9 Å². The smallest absolute Gasteiger partial charge is 0.353 e. The van der Waals surface area contributed by atoms with Gasteiger partial charge in [0.15, 0.2) is 11.5 Å². The quantitative estimate of drug-likeness (QED) is 0.684. The Kier molecular flexibility index (Phi) is 4.76. The predicted octanol–water partition coefficient (Wildman–Crippen LogP) is 2.67. The minimum Gasteiger partial charge on any atom is -0.353 e. The summed E-state index contributed by atoms with van der Waals surface area (Å²) in [5, 5.41) is 0. The van der Waals surface area contributed by atoms with Gasteiger partial charge >= 0.3 is 6.18 Å². The third kappa shape index (κ3) is 3.85. The first kappa shape index (κ1) is 18.1. The number of halogens is 3. The largest absolute Gasteiger partial charge is 0.433 e. The summed E-state index contributed by atoms with van der Waals surface area (Å²) in [7, 11) is 0. The molecular weight excluding hydrogens is 371 g/mol. The van der Waals surface area contributed by atoms with Crippen LogP contribution in [0.25, 0.3) is 11.4 Å². The van der Waals surface area contributed by atoms with E-state index >= 15 is 0 Å². The molecule has 3 aromatic heterocycles. The molecule has 28 heavy (non-hydrogen) atoms. The van der Waals surface area contributed by atoms with Crippen molar-refractivity contribution in [2.45, 2.75) is 6.18 Å². The average molecular weight is 387 g/mol. The van der Waals surface area contributed by atoms with Crippen molar-refractivity contribution in [1.29, 1.82) is 0 Å². The van der Waals surface area contributed by atoms with Gasteiger partial charge in [-0.25, -0.2) is 15.0 Å². The van der Waals surface area contributed by atoms with Crippen LogP contribution in [0, 0.1) is 0 Å². The second-order valence-electron chi connectivity index (χ2n) is 6.21. The van der Waals surface area contributed by atoms with E-state index in [1.54, 1.807) is 30.7 Å². The second kappa shape index (κ2) is 7.37. The zero-order valence-corrected chi connectivity index (χ0v) is 14.7. The van der Waals surface area contributed by atoms with E-state index in [1.165, 1.54) is 12.4 Å². The summed E-state index contributed by atoms with van der Waals surface area (Å²) in [5.41, 5.74) is -0.471. The number of pyridine rings is 1. The molecule has 1 saturated heterocycles. The van der Waals surface area contributed by atoms with Crippen LogP contribution in [-0.4, -0.2) is 51.1 Å². The molecule has 3 aromatic rings. The van der Waals surface area contributed by atoms with Gasteiger partial charge < -0.3 is 9.80 Å². The van der Waals surface area contributed by atoms with Gasteiger partial charge in [-0.15, -0.1) is 0 Å². The summed E-state index contributed by atoms with van der Waals surface area (Å²) < 4.78 is 40.1. The van der Waals surface area contributed by atoms with Gasteiger partial charge in [0.2, 0.25) is 0 Å². The summed E-state index contributed by atoms with van der Waals surface area (Å²) in [6.07, 6.45) is 3.32. The molecule has 0 unspecified atom stereocenters. The number of alkyl halides is 3. The molecule has 4 heterocycles.